The van der Waals surface area contributed by atoms with E-state index in [0.717, 1.165) is 25.2 Å². The van der Waals surface area contributed by atoms with Crippen LogP contribution in [0.4, 0.5) is 20.6 Å². The zero-order valence-electron chi connectivity index (χ0n) is 12.2. The summed E-state index contributed by atoms with van der Waals surface area (Å²) in [7, 11) is -3.46. The lowest BCUT2D eigenvalue weighted by Crippen LogP contribution is -2.36. The van der Waals surface area contributed by atoms with Gasteiger partial charge in [-0.1, -0.05) is 13.3 Å². The number of urea groups is 1. The number of carbonyl (C=O) groups excluding carboxylic acids is 1. The van der Waals surface area contributed by atoms with Crippen molar-refractivity contribution in [3.8, 4) is 0 Å². The Hall–Kier alpha value is -1.83. The van der Waals surface area contributed by atoms with Crippen LogP contribution in [0.2, 0.25) is 0 Å². The fourth-order valence-electron chi connectivity index (χ4n) is 1.79. The van der Waals surface area contributed by atoms with Crippen LogP contribution in [0.5, 0.6) is 0 Å². The number of rotatable bonds is 6. The smallest absolute Gasteiger partial charge is 0.319 e. The highest BCUT2D eigenvalue weighted by molar-refractivity contribution is 7.92. The van der Waals surface area contributed by atoms with Gasteiger partial charge in [0, 0.05) is 6.04 Å². The molecule has 0 saturated heterocycles. The van der Waals surface area contributed by atoms with Gasteiger partial charge >= 0.3 is 6.03 Å². The molecule has 118 valence electrons. The Morgan fingerprint density at radius 1 is 1.38 bits per heavy atom. The number of nitrogens with one attached hydrogen (secondary N) is 3. The van der Waals surface area contributed by atoms with Crippen molar-refractivity contribution >= 4 is 27.4 Å². The summed E-state index contributed by atoms with van der Waals surface area (Å²) in [5.74, 6) is -0.646. The molecule has 0 saturated carbocycles. The molecule has 0 aliphatic heterocycles. The van der Waals surface area contributed by atoms with Crippen molar-refractivity contribution in [3.05, 3.63) is 24.0 Å². The molecular formula is C13H20FN3O3S. The van der Waals surface area contributed by atoms with Gasteiger partial charge in [-0.05, 0) is 31.5 Å². The Morgan fingerprint density at radius 3 is 2.62 bits per heavy atom. The molecule has 0 aliphatic rings. The van der Waals surface area contributed by atoms with Crippen LogP contribution < -0.4 is 15.4 Å². The molecule has 3 N–H and O–H groups in total. The fourth-order valence-corrected chi connectivity index (χ4v) is 2.34. The van der Waals surface area contributed by atoms with Crippen LogP contribution in [0.1, 0.15) is 26.7 Å². The van der Waals surface area contributed by atoms with Crippen molar-refractivity contribution in [3.63, 3.8) is 0 Å². The van der Waals surface area contributed by atoms with E-state index in [-0.39, 0.29) is 17.4 Å². The highest BCUT2D eigenvalue weighted by Gasteiger charge is 2.11. The van der Waals surface area contributed by atoms with E-state index in [2.05, 4.69) is 15.4 Å². The molecule has 1 aromatic rings. The number of hydrogen-bond acceptors (Lipinski definition) is 3. The zero-order valence-corrected chi connectivity index (χ0v) is 13.1. The Kier molecular flexibility index (Phi) is 5.95. The van der Waals surface area contributed by atoms with Crippen molar-refractivity contribution < 1.29 is 17.6 Å². The highest BCUT2D eigenvalue weighted by Crippen LogP contribution is 2.20. The second kappa shape index (κ2) is 7.26. The Bertz CT molecular complexity index is 605. The van der Waals surface area contributed by atoms with Crippen molar-refractivity contribution in [2.75, 3.05) is 16.3 Å². The first-order chi connectivity index (χ1) is 9.71. The van der Waals surface area contributed by atoms with E-state index in [4.69, 9.17) is 0 Å². The number of carbonyl (C=O) groups is 1. The molecule has 0 bridgehead atoms. The number of sulfonamides is 1. The van der Waals surface area contributed by atoms with Crippen molar-refractivity contribution in [1.82, 2.24) is 5.32 Å². The van der Waals surface area contributed by atoms with Crippen LogP contribution in [-0.2, 0) is 10.0 Å². The van der Waals surface area contributed by atoms with Gasteiger partial charge in [0.1, 0.15) is 5.82 Å². The molecule has 1 unspecified atom stereocenters. The number of halogens is 1. The Labute approximate surface area is 124 Å². The van der Waals surface area contributed by atoms with Crippen LogP contribution in [0.25, 0.3) is 0 Å². The van der Waals surface area contributed by atoms with Crippen LogP contribution in [0.15, 0.2) is 18.2 Å². The molecule has 2 amide bonds. The summed E-state index contributed by atoms with van der Waals surface area (Å²) < 4.78 is 38.1. The molecule has 0 fully saturated rings. The fraction of sp³-hybridized carbons (Fsp3) is 0.462. The van der Waals surface area contributed by atoms with E-state index in [1.165, 1.54) is 12.1 Å². The van der Waals surface area contributed by atoms with Crippen LogP contribution in [-0.4, -0.2) is 26.7 Å². The second-order valence-electron chi connectivity index (χ2n) is 4.86. The predicted molar refractivity (Wildman–Crippen MR) is 81.4 cm³/mol. The topological polar surface area (TPSA) is 87.3 Å². The Morgan fingerprint density at radius 2 is 2.05 bits per heavy atom. The SMILES string of the molecule is CCCC(C)NC(=O)Nc1cc(NS(C)(=O)=O)ccc1F. The third kappa shape index (κ3) is 6.44. The molecule has 0 spiro atoms. The average molecular weight is 317 g/mol. The van der Waals surface area contributed by atoms with Gasteiger partial charge in [-0.3, -0.25) is 4.72 Å². The molecule has 0 aliphatic carbocycles. The monoisotopic (exact) mass is 317 g/mol. The van der Waals surface area contributed by atoms with E-state index in [9.17, 15) is 17.6 Å². The minimum atomic E-state index is -3.46. The van der Waals surface area contributed by atoms with Gasteiger partial charge in [0.05, 0.1) is 17.6 Å². The quantitative estimate of drug-likeness (QED) is 0.753. The molecule has 6 nitrogen and oxygen atoms in total. The Balaban J connectivity index is 2.78. The van der Waals surface area contributed by atoms with Gasteiger partial charge < -0.3 is 10.6 Å². The van der Waals surface area contributed by atoms with Gasteiger partial charge in [-0.2, -0.15) is 0 Å². The van der Waals surface area contributed by atoms with E-state index in [1.54, 1.807) is 0 Å². The number of hydrogen-bond donors (Lipinski definition) is 3. The van der Waals surface area contributed by atoms with Gasteiger partial charge in [0.15, 0.2) is 0 Å². The molecule has 1 atom stereocenters. The summed E-state index contributed by atoms with van der Waals surface area (Å²) in [6.07, 6.45) is 2.72. The zero-order chi connectivity index (χ0) is 16.0. The normalized spacial score (nSPS) is 12.6. The first-order valence-electron chi connectivity index (χ1n) is 6.56. The molecule has 1 rings (SSSR count). The van der Waals surface area contributed by atoms with Crippen molar-refractivity contribution in [2.24, 2.45) is 0 Å². The molecule has 21 heavy (non-hydrogen) atoms. The molecule has 0 aromatic heterocycles. The summed E-state index contributed by atoms with van der Waals surface area (Å²) in [4.78, 5) is 11.7. The van der Waals surface area contributed by atoms with Crippen LogP contribution >= 0.6 is 0 Å². The standard InChI is InChI=1S/C13H20FN3O3S/c1-4-5-9(2)15-13(18)16-12-8-10(6-7-11(12)14)17-21(3,19)20/h6-9,17H,4-5H2,1-3H3,(H2,15,16,18). The minimum Gasteiger partial charge on any atom is -0.335 e. The van der Waals surface area contributed by atoms with E-state index in [1.807, 2.05) is 13.8 Å². The molecular weight excluding hydrogens is 297 g/mol. The predicted octanol–water partition coefficient (Wildman–Crippen LogP) is 2.51. The number of anilines is 2. The number of benzene rings is 1. The van der Waals surface area contributed by atoms with Crippen LogP contribution in [0.3, 0.4) is 0 Å². The van der Waals surface area contributed by atoms with Crippen molar-refractivity contribution in [1.29, 1.82) is 0 Å². The summed E-state index contributed by atoms with van der Waals surface area (Å²) in [6.45, 7) is 3.84. The lowest BCUT2D eigenvalue weighted by atomic mass is 10.2. The maximum Gasteiger partial charge on any atom is 0.319 e. The van der Waals surface area contributed by atoms with Gasteiger partial charge in [0.25, 0.3) is 0 Å². The van der Waals surface area contributed by atoms with E-state index >= 15 is 0 Å². The number of amides is 2. The van der Waals surface area contributed by atoms with Crippen molar-refractivity contribution in [2.45, 2.75) is 32.7 Å². The molecule has 8 heteroatoms. The van der Waals surface area contributed by atoms with E-state index in [0.29, 0.717) is 0 Å². The molecule has 1 aromatic carbocycles. The highest BCUT2D eigenvalue weighted by atomic mass is 32.2. The van der Waals surface area contributed by atoms with E-state index < -0.39 is 21.9 Å². The minimum absolute atomic E-state index is 0.0320. The molecule has 0 radical (unpaired) electrons. The second-order valence-corrected chi connectivity index (χ2v) is 6.61. The summed E-state index contributed by atoms with van der Waals surface area (Å²) >= 11 is 0. The maximum atomic E-state index is 13.6. The third-order valence-electron chi connectivity index (χ3n) is 2.62. The largest absolute Gasteiger partial charge is 0.335 e. The third-order valence-corrected chi connectivity index (χ3v) is 3.22. The average Bonchev–Trinajstić information content (AvgIpc) is 2.31. The summed E-state index contributed by atoms with van der Waals surface area (Å²) in [5.41, 5.74) is 0.0839. The lowest BCUT2D eigenvalue weighted by Gasteiger charge is -2.14. The lowest BCUT2D eigenvalue weighted by molar-refractivity contribution is 0.248. The summed E-state index contributed by atoms with van der Waals surface area (Å²) in [6, 6.07) is 3.01. The maximum absolute atomic E-state index is 13.6. The van der Waals surface area contributed by atoms with Gasteiger partial charge in [-0.15, -0.1) is 0 Å². The summed E-state index contributed by atoms with van der Waals surface area (Å²) in [5, 5.41) is 5.03. The first kappa shape index (κ1) is 17.2. The van der Waals surface area contributed by atoms with Gasteiger partial charge in [0.2, 0.25) is 10.0 Å². The first-order valence-corrected chi connectivity index (χ1v) is 8.45. The van der Waals surface area contributed by atoms with Crippen LogP contribution in [0, 0.1) is 5.82 Å². The van der Waals surface area contributed by atoms with Gasteiger partial charge in [-0.25, -0.2) is 17.6 Å². The molecule has 0 heterocycles.